The maximum atomic E-state index is 12.9. The Morgan fingerprint density at radius 1 is 0.304 bits per heavy atom. The zero-order chi connectivity index (χ0) is 74.0. The number of esters is 2. The Morgan fingerprint density at radius 2 is 0.529 bits per heavy atom. The van der Waals surface area contributed by atoms with E-state index in [1.165, 1.54) is 186 Å². The molecule has 2 atom stereocenters. The summed E-state index contributed by atoms with van der Waals surface area (Å²) in [7, 11) is 1.47. The number of hydrogen-bond acceptors (Lipinski definition) is 7. The van der Waals surface area contributed by atoms with E-state index in [-0.39, 0.29) is 32.0 Å². The van der Waals surface area contributed by atoms with Gasteiger partial charge in [-0.05, 0) is 128 Å². The molecule has 0 rings (SSSR count). The van der Waals surface area contributed by atoms with Crippen molar-refractivity contribution in [3.63, 3.8) is 0 Å². The van der Waals surface area contributed by atoms with Gasteiger partial charge in [-0.2, -0.15) is 0 Å². The number of carbonyl (C=O) groups excluding carboxylic acids is 2. The van der Waals surface area contributed by atoms with Crippen molar-refractivity contribution < 1.29 is 42.1 Å². The van der Waals surface area contributed by atoms with E-state index in [0.717, 1.165) is 128 Å². The molecule has 0 radical (unpaired) electrons. The molecule has 0 fully saturated rings. The minimum absolute atomic E-state index is 0.0269. The summed E-state index contributed by atoms with van der Waals surface area (Å²) in [6, 6.07) is 0. The van der Waals surface area contributed by atoms with Gasteiger partial charge in [0.2, 0.25) is 0 Å². The molecule has 0 aliphatic heterocycles. The Bertz CT molecular complexity index is 2340. The van der Waals surface area contributed by atoms with Crippen molar-refractivity contribution in [3.8, 4) is 0 Å². The normalized spacial score (nSPS) is 13.9. The second-order valence-electron chi connectivity index (χ2n) is 28.7. The van der Waals surface area contributed by atoms with Crippen LogP contribution in [0, 0.1) is 0 Å². The zero-order valence-electron chi connectivity index (χ0n) is 66.5. The van der Waals surface area contributed by atoms with E-state index in [0.29, 0.717) is 17.4 Å². The fourth-order valence-electron chi connectivity index (χ4n) is 11.5. The van der Waals surface area contributed by atoms with E-state index in [2.05, 4.69) is 184 Å². The third-order valence-corrected chi connectivity index (χ3v) is 18.7. The van der Waals surface area contributed by atoms with E-state index in [9.17, 15) is 19.0 Å². The molecule has 0 aliphatic rings. The van der Waals surface area contributed by atoms with Gasteiger partial charge >= 0.3 is 19.8 Å². The Balaban J connectivity index is 3.98. The summed E-state index contributed by atoms with van der Waals surface area (Å²) < 4.78 is 34.9. The third-order valence-electron chi connectivity index (χ3n) is 17.7. The number of quaternary nitrogens is 1. The van der Waals surface area contributed by atoms with Crippen LogP contribution in [0.3, 0.4) is 0 Å². The first kappa shape index (κ1) is 97.4. The topological polar surface area (TPSA) is 108 Å². The number of ether oxygens (including phenoxy) is 2. The average Bonchev–Trinajstić information content (AvgIpc) is 0.916. The fourth-order valence-corrected chi connectivity index (χ4v) is 12.2. The van der Waals surface area contributed by atoms with Gasteiger partial charge in [-0.15, -0.1) is 0 Å². The highest BCUT2D eigenvalue weighted by Gasteiger charge is 2.27. The molecular formula is C92H157NO8P+. The maximum Gasteiger partial charge on any atom is 0.472 e. The molecule has 0 aromatic rings. The first-order chi connectivity index (χ1) is 50.0. The van der Waals surface area contributed by atoms with Gasteiger partial charge in [-0.25, -0.2) is 4.57 Å². The molecule has 9 nitrogen and oxygen atoms in total. The summed E-state index contributed by atoms with van der Waals surface area (Å²) in [5.74, 6) is -0.792. The van der Waals surface area contributed by atoms with Crippen molar-refractivity contribution in [2.75, 3.05) is 47.5 Å². The molecular weight excluding hydrogens is 1280 g/mol. The Morgan fingerprint density at radius 3 is 0.784 bits per heavy atom. The van der Waals surface area contributed by atoms with Crippen molar-refractivity contribution in [3.05, 3.63) is 170 Å². The number of unbranched alkanes of at least 4 members (excludes halogenated alkanes) is 34. The van der Waals surface area contributed by atoms with Gasteiger partial charge in [-0.1, -0.05) is 377 Å². The summed E-state index contributed by atoms with van der Waals surface area (Å²) >= 11 is 0. The number of likely N-dealkylation sites (N-methyl/N-ethyl adjacent to an activating group) is 1. The highest BCUT2D eigenvalue weighted by molar-refractivity contribution is 7.47. The molecule has 0 spiro atoms. The molecule has 0 saturated carbocycles. The van der Waals surface area contributed by atoms with E-state index in [1.54, 1.807) is 0 Å². The van der Waals surface area contributed by atoms with E-state index in [4.69, 9.17) is 18.5 Å². The van der Waals surface area contributed by atoms with E-state index < -0.39 is 26.5 Å². The molecule has 0 saturated heterocycles. The highest BCUT2D eigenvalue weighted by atomic mass is 31.2. The minimum Gasteiger partial charge on any atom is -0.462 e. The van der Waals surface area contributed by atoms with Gasteiger partial charge in [0.15, 0.2) is 6.10 Å². The number of carbonyl (C=O) groups is 2. The van der Waals surface area contributed by atoms with Crippen LogP contribution in [0.2, 0.25) is 0 Å². The molecule has 1 N–H and O–H groups in total. The van der Waals surface area contributed by atoms with Gasteiger partial charge in [0.25, 0.3) is 0 Å². The van der Waals surface area contributed by atoms with Crippen LogP contribution in [0.4, 0.5) is 0 Å². The molecule has 0 aromatic carbocycles. The van der Waals surface area contributed by atoms with E-state index >= 15 is 0 Å². The predicted molar refractivity (Wildman–Crippen MR) is 445 cm³/mol. The van der Waals surface area contributed by atoms with Crippen LogP contribution in [-0.4, -0.2) is 74.9 Å². The zero-order valence-corrected chi connectivity index (χ0v) is 67.4. The van der Waals surface area contributed by atoms with Crippen molar-refractivity contribution in [2.24, 2.45) is 0 Å². The molecule has 10 heteroatoms. The molecule has 0 aliphatic carbocycles. The van der Waals surface area contributed by atoms with Gasteiger partial charge in [0, 0.05) is 12.8 Å². The molecule has 582 valence electrons. The molecule has 0 amide bonds. The number of rotatable bonds is 76. The SMILES string of the molecule is CC/C=C\C/C=C\C/C=C\C/C=C\C/C=C\C/C=C\C/C=C\C/C=C\C/C=C\CCCCCCCCCCCCCCCC(=O)OC(COC(=O)CCCCCCCCCCCCCCCCCCCCCCC/C=C\C/C=C\C/C=C\C/C=C\C/C=C\CC)COP(=O)(O)OCC[N+](C)(C)C. The smallest absolute Gasteiger partial charge is 0.462 e. The molecule has 0 heterocycles. The van der Waals surface area contributed by atoms with Gasteiger partial charge in [0.1, 0.15) is 19.8 Å². The summed E-state index contributed by atoms with van der Waals surface area (Å²) in [4.78, 5) is 36.0. The van der Waals surface area contributed by atoms with Crippen LogP contribution in [0.15, 0.2) is 170 Å². The lowest BCUT2D eigenvalue weighted by molar-refractivity contribution is -0.870. The lowest BCUT2D eigenvalue weighted by Gasteiger charge is -2.24. The number of phosphoric ester groups is 1. The first-order valence-electron chi connectivity index (χ1n) is 41.9. The van der Waals surface area contributed by atoms with Gasteiger partial charge < -0.3 is 18.9 Å². The largest absolute Gasteiger partial charge is 0.472 e. The maximum absolute atomic E-state index is 12.9. The number of phosphoric acid groups is 1. The van der Waals surface area contributed by atoms with Crippen molar-refractivity contribution >= 4 is 19.8 Å². The summed E-state index contributed by atoms with van der Waals surface area (Å²) in [5, 5.41) is 0. The van der Waals surface area contributed by atoms with Crippen LogP contribution in [0.1, 0.15) is 348 Å². The van der Waals surface area contributed by atoms with Crippen LogP contribution >= 0.6 is 7.82 Å². The lowest BCUT2D eigenvalue weighted by Crippen LogP contribution is -2.37. The average molecular weight is 1440 g/mol. The molecule has 0 aromatic heterocycles. The quantitative estimate of drug-likeness (QED) is 0.0211. The van der Waals surface area contributed by atoms with Gasteiger partial charge in [0.05, 0.1) is 27.7 Å². The standard InChI is InChI=1S/C92H156NO8P/c1-6-8-10-12-14-16-18-20-22-24-26-28-30-32-34-36-38-40-42-44-45-46-47-49-51-53-55-57-59-61-63-65-67-69-71-73-75-77-79-81-83-85-92(95)101-90(89-100-102(96,97)99-87-86-93(3,4)5)88-98-91(94)84-82-80-78-76-74-72-70-68-66-64-62-60-58-56-54-52-50-48-43-41-39-37-35-33-31-29-27-25-23-21-19-17-15-13-11-9-7-2/h8-11,14-17,20-23,26-29,32-35,38,40,44-45,47,49,53,55,90H,6-7,12-13,18-19,24-25,30-31,36-37,39,41-43,46,48,50-52,54,56-89H2,1-5H3/p+1/b10-8-,11-9-,16-14-,17-15-,22-20-,23-21-,28-26-,29-27-,34-32-,35-33-,40-38-,45-44-,49-47-,55-53-. The van der Waals surface area contributed by atoms with Crippen molar-refractivity contribution in [1.82, 2.24) is 0 Å². The monoisotopic (exact) mass is 1440 g/mol. The third kappa shape index (κ3) is 84.3. The second kappa shape index (κ2) is 80.5. The summed E-state index contributed by atoms with van der Waals surface area (Å²) in [5.41, 5.74) is 0. The minimum atomic E-state index is -4.41. The number of hydrogen-bond donors (Lipinski definition) is 1. The summed E-state index contributed by atoms with van der Waals surface area (Å²) in [6.07, 6.45) is 122. The Hall–Kier alpha value is -4.63. The fraction of sp³-hybridized carbons (Fsp3) is 0.674. The van der Waals surface area contributed by atoms with Crippen LogP contribution in [0.25, 0.3) is 0 Å². The predicted octanol–water partition coefficient (Wildman–Crippen LogP) is 28.4. The lowest BCUT2D eigenvalue weighted by atomic mass is 10.0. The van der Waals surface area contributed by atoms with Crippen LogP contribution in [-0.2, 0) is 32.7 Å². The molecule has 0 bridgehead atoms. The van der Waals surface area contributed by atoms with Crippen molar-refractivity contribution in [1.29, 1.82) is 0 Å². The Labute approximate surface area is 629 Å². The van der Waals surface area contributed by atoms with Crippen LogP contribution < -0.4 is 0 Å². The number of allylic oxidation sites excluding steroid dienone is 28. The first-order valence-corrected chi connectivity index (χ1v) is 43.4. The highest BCUT2D eigenvalue weighted by Crippen LogP contribution is 2.43. The molecule has 2 unspecified atom stereocenters. The van der Waals surface area contributed by atoms with Crippen LogP contribution in [0.5, 0.6) is 0 Å². The molecule has 102 heavy (non-hydrogen) atoms. The van der Waals surface area contributed by atoms with Gasteiger partial charge in [-0.3, -0.25) is 18.6 Å². The Kier molecular flexibility index (Phi) is 76.8. The summed E-state index contributed by atoms with van der Waals surface area (Å²) in [6.45, 7) is 4.23. The van der Waals surface area contributed by atoms with Crippen molar-refractivity contribution in [2.45, 2.75) is 354 Å². The number of nitrogens with zero attached hydrogens (tertiary/aromatic N) is 1. The second-order valence-corrected chi connectivity index (χ2v) is 30.2. The van der Waals surface area contributed by atoms with E-state index in [1.807, 2.05) is 21.1 Å².